The molecule has 1 heterocycles. The van der Waals surface area contributed by atoms with E-state index in [1.807, 2.05) is 13.0 Å². The average Bonchev–Trinajstić information content (AvgIpc) is 2.50. The van der Waals surface area contributed by atoms with E-state index in [-0.39, 0.29) is 5.91 Å². The fourth-order valence-corrected chi connectivity index (χ4v) is 3.01. The van der Waals surface area contributed by atoms with Gasteiger partial charge in [0.25, 0.3) is 0 Å². The van der Waals surface area contributed by atoms with Gasteiger partial charge in [0.2, 0.25) is 5.91 Å². The molecule has 0 saturated carbocycles. The van der Waals surface area contributed by atoms with Gasteiger partial charge in [0, 0.05) is 12.6 Å². The molecule has 3 heteroatoms. The average molecular weight is 289 g/mol. The number of hydrogen-bond acceptors (Lipinski definition) is 2. The molecular weight excluding hydrogens is 262 g/mol. The number of rotatable bonds is 5. The van der Waals surface area contributed by atoms with Gasteiger partial charge in [0.15, 0.2) is 0 Å². The summed E-state index contributed by atoms with van der Waals surface area (Å²) < 4.78 is 5.80. The van der Waals surface area contributed by atoms with Gasteiger partial charge in [0.05, 0.1) is 13.0 Å². The zero-order valence-corrected chi connectivity index (χ0v) is 13.5. The predicted octanol–water partition coefficient (Wildman–Crippen LogP) is 3.86. The van der Waals surface area contributed by atoms with Crippen molar-refractivity contribution in [2.75, 3.05) is 13.2 Å². The highest BCUT2D eigenvalue weighted by molar-refractivity contribution is 5.76. The highest BCUT2D eigenvalue weighted by Crippen LogP contribution is 2.21. The first-order chi connectivity index (χ1) is 10.1. The summed E-state index contributed by atoms with van der Waals surface area (Å²) in [7, 11) is 0. The van der Waals surface area contributed by atoms with Crippen molar-refractivity contribution in [1.29, 1.82) is 0 Å². The van der Waals surface area contributed by atoms with E-state index in [0.717, 1.165) is 37.1 Å². The maximum absolute atomic E-state index is 12.4. The number of nitrogens with zero attached hydrogens (tertiary/aromatic N) is 1. The molecule has 1 unspecified atom stereocenters. The van der Waals surface area contributed by atoms with E-state index in [1.54, 1.807) is 0 Å². The van der Waals surface area contributed by atoms with E-state index in [4.69, 9.17) is 4.74 Å². The van der Waals surface area contributed by atoms with Crippen LogP contribution in [0, 0.1) is 13.8 Å². The van der Waals surface area contributed by atoms with Crippen LogP contribution in [0.4, 0.5) is 0 Å². The number of amides is 1. The molecule has 1 amide bonds. The Hall–Kier alpha value is -1.51. The number of piperidine rings is 1. The number of carbonyl (C=O) groups excluding carboxylic acids is 1. The molecule has 3 nitrogen and oxygen atoms in total. The number of aryl methyl sites for hydroxylation is 2. The molecule has 1 atom stereocenters. The fraction of sp³-hybridized carbons (Fsp3) is 0.611. The first kappa shape index (κ1) is 15.9. The Morgan fingerprint density at radius 1 is 1.33 bits per heavy atom. The Labute approximate surface area is 128 Å². The minimum absolute atomic E-state index is 0.242. The lowest BCUT2D eigenvalue weighted by Crippen LogP contribution is -2.43. The molecule has 1 aromatic carbocycles. The molecule has 1 aliphatic heterocycles. The number of likely N-dealkylation sites (tertiary alicyclic amines) is 1. The molecule has 1 aromatic rings. The Kier molecular flexibility index (Phi) is 5.66. The van der Waals surface area contributed by atoms with Crippen LogP contribution in [0.1, 0.15) is 50.2 Å². The molecule has 1 saturated heterocycles. The van der Waals surface area contributed by atoms with Crippen LogP contribution in [0.5, 0.6) is 5.75 Å². The number of carbonyl (C=O) groups is 1. The molecular formula is C18H27NO2. The van der Waals surface area contributed by atoms with Gasteiger partial charge in [-0.2, -0.15) is 0 Å². The molecule has 0 bridgehead atoms. The largest absolute Gasteiger partial charge is 0.493 e. The standard InChI is InChI=1S/C18H27NO2/c1-4-16-7-5-6-11-19(16)18(20)10-12-21-17-13-14(2)8-9-15(17)3/h8-9,13,16H,4-7,10-12H2,1-3H3. The molecule has 116 valence electrons. The van der Waals surface area contributed by atoms with Gasteiger partial charge in [0.1, 0.15) is 5.75 Å². The van der Waals surface area contributed by atoms with Crippen LogP contribution in [-0.2, 0) is 4.79 Å². The number of hydrogen-bond donors (Lipinski definition) is 0. The van der Waals surface area contributed by atoms with Gasteiger partial charge >= 0.3 is 0 Å². The monoisotopic (exact) mass is 289 g/mol. The van der Waals surface area contributed by atoms with E-state index in [9.17, 15) is 4.79 Å². The fourth-order valence-electron chi connectivity index (χ4n) is 3.01. The van der Waals surface area contributed by atoms with Crippen molar-refractivity contribution in [3.8, 4) is 5.75 Å². The third-order valence-corrected chi connectivity index (χ3v) is 4.34. The van der Waals surface area contributed by atoms with E-state index in [1.165, 1.54) is 12.0 Å². The van der Waals surface area contributed by atoms with Gasteiger partial charge < -0.3 is 9.64 Å². The topological polar surface area (TPSA) is 29.5 Å². The summed E-state index contributed by atoms with van der Waals surface area (Å²) in [5.74, 6) is 1.14. The zero-order valence-electron chi connectivity index (χ0n) is 13.5. The molecule has 2 rings (SSSR count). The summed E-state index contributed by atoms with van der Waals surface area (Å²) in [6, 6.07) is 6.61. The summed E-state index contributed by atoms with van der Waals surface area (Å²) in [5.41, 5.74) is 2.31. The van der Waals surface area contributed by atoms with Crippen LogP contribution in [0.25, 0.3) is 0 Å². The second-order valence-corrected chi connectivity index (χ2v) is 6.01. The zero-order chi connectivity index (χ0) is 15.2. The van der Waals surface area contributed by atoms with Crippen molar-refractivity contribution in [3.05, 3.63) is 29.3 Å². The molecule has 0 aliphatic carbocycles. The second-order valence-electron chi connectivity index (χ2n) is 6.01. The molecule has 0 spiro atoms. The smallest absolute Gasteiger partial charge is 0.226 e. The highest BCUT2D eigenvalue weighted by Gasteiger charge is 2.24. The minimum atomic E-state index is 0.242. The van der Waals surface area contributed by atoms with Gasteiger partial charge in [-0.3, -0.25) is 4.79 Å². The lowest BCUT2D eigenvalue weighted by molar-refractivity contribution is -0.135. The normalized spacial score (nSPS) is 18.6. The molecule has 0 aromatic heterocycles. The van der Waals surface area contributed by atoms with Crippen molar-refractivity contribution in [1.82, 2.24) is 4.90 Å². The van der Waals surface area contributed by atoms with Crippen molar-refractivity contribution >= 4 is 5.91 Å². The molecule has 1 aliphatic rings. The predicted molar refractivity (Wildman–Crippen MR) is 85.7 cm³/mol. The number of ether oxygens (including phenoxy) is 1. The summed E-state index contributed by atoms with van der Waals surface area (Å²) in [6.45, 7) is 7.64. The minimum Gasteiger partial charge on any atom is -0.493 e. The van der Waals surface area contributed by atoms with E-state index in [2.05, 4.69) is 30.9 Å². The first-order valence-corrected chi connectivity index (χ1v) is 8.11. The Morgan fingerprint density at radius 2 is 2.14 bits per heavy atom. The molecule has 0 N–H and O–H groups in total. The van der Waals surface area contributed by atoms with Crippen molar-refractivity contribution < 1.29 is 9.53 Å². The third-order valence-electron chi connectivity index (χ3n) is 4.34. The van der Waals surface area contributed by atoms with E-state index in [0.29, 0.717) is 19.1 Å². The van der Waals surface area contributed by atoms with Crippen molar-refractivity contribution in [3.63, 3.8) is 0 Å². The van der Waals surface area contributed by atoms with Crippen LogP contribution >= 0.6 is 0 Å². The van der Waals surface area contributed by atoms with Crippen LogP contribution in [-0.4, -0.2) is 30.0 Å². The van der Waals surface area contributed by atoms with Crippen LogP contribution in [0.2, 0.25) is 0 Å². The molecule has 0 radical (unpaired) electrons. The van der Waals surface area contributed by atoms with E-state index < -0.39 is 0 Å². The summed E-state index contributed by atoms with van der Waals surface area (Å²) in [6.07, 6.45) is 5.08. The van der Waals surface area contributed by atoms with Crippen molar-refractivity contribution in [2.45, 2.75) is 58.9 Å². The molecule has 21 heavy (non-hydrogen) atoms. The van der Waals surface area contributed by atoms with Crippen molar-refractivity contribution in [2.24, 2.45) is 0 Å². The first-order valence-electron chi connectivity index (χ1n) is 8.11. The van der Waals surface area contributed by atoms with Crippen LogP contribution in [0.15, 0.2) is 18.2 Å². The quantitative estimate of drug-likeness (QED) is 0.823. The Balaban J connectivity index is 1.85. The van der Waals surface area contributed by atoms with Gasteiger partial charge in [-0.05, 0) is 56.7 Å². The SMILES string of the molecule is CCC1CCCCN1C(=O)CCOc1cc(C)ccc1C. The summed E-state index contributed by atoms with van der Waals surface area (Å²) in [5, 5.41) is 0. The maximum Gasteiger partial charge on any atom is 0.226 e. The third kappa shape index (κ3) is 4.23. The lowest BCUT2D eigenvalue weighted by Gasteiger charge is -2.35. The maximum atomic E-state index is 12.4. The highest BCUT2D eigenvalue weighted by atomic mass is 16.5. The lowest BCUT2D eigenvalue weighted by atomic mass is 10.00. The number of benzene rings is 1. The molecule has 1 fully saturated rings. The Morgan fingerprint density at radius 3 is 2.90 bits per heavy atom. The van der Waals surface area contributed by atoms with Gasteiger partial charge in [-0.1, -0.05) is 19.1 Å². The van der Waals surface area contributed by atoms with Gasteiger partial charge in [-0.15, -0.1) is 0 Å². The van der Waals surface area contributed by atoms with Gasteiger partial charge in [-0.25, -0.2) is 0 Å². The van der Waals surface area contributed by atoms with Crippen LogP contribution in [0.3, 0.4) is 0 Å². The second kappa shape index (κ2) is 7.48. The Bertz CT molecular complexity index is 484. The van der Waals surface area contributed by atoms with Crippen LogP contribution < -0.4 is 4.74 Å². The van der Waals surface area contributed by atoms with E-state index >= 15 is 0 Å². The summed E-state index contributed by atoms with van der Waals surface area (Å²) >= 11 is 0. The summed E-state index contributed by atoms with van der Waals surface area (Å²) in [4.78, 5) is 14.4.